The third-order valence-electron chi connectivity index (χ3n) is 4.14. The minimum atomic E-state index is -0.252. The second-order valence-electron chi connectivity index (χ2n) is 5.62. The summed E-state index contributed by atoms with van der Waals surface area (Å²) in [5, 5.41) is 0. The molecule has 0 saturated heterocycles. The van der Waals surface area contributed by atoms with Crippen LogP contribution in [0.4, 0.5) is 0 Å². The van der Waals surface area contributed by atoms with Crippen LogP contribution in [-0.4, -0.2) is 24.3 Å². The number of rotatable bonds is 3. The topological polar surface area (TPSA) is 39.2 Å². The van der Waals surface area contributed by atoms with Gasteiger partial charge in [0.1, 0.15) is 6.10 Å². The number of carbonyl (C=O) groups is 1. The summed E-state index contributed by atoms with van der Waals surface area (Å²) in [6.45, 7) is 3.98. The Hall–Kier alpha value is -2.10. The maximum absolute atomic E-state index is 11.9. The highest BCUT2D eigenvalue weighted by molar-refractivity contribution is 6.51. The van der Waals surface area contributed by atoms with E-state index in [4.69, 9.17) is 9.72 Å². The van der Waals surface area contributed by atoms with Gasteiger partial charge in [-0.3, -0.25) is 4.98 Å². The highest BCUT2D eigenvalue weighted by Crippen LogP contribution is 2.28. The van der Waals surface area contributed by atoms with Gasteiger partial charge in [-0.1, -0.05) is 42.8 Å². The standard InChI is InChI=1S/C17H18BNO2/c1-11-12(2)21-17(20)14-8-9-15(19-16(11)14)18-10-13-6-4-3-5-7-13/h3-9,11-12,18H,10H2,1-2H3. The molecular weight excluding hydrogens is 261 g/mol. The SMILES string of the molecule is CC1OC(=O)c2ccc(BCc3ccccc3)nc2C1C. The van der Waals surface area contributed by atoms with Gasteiger partial charge in [-0.25, -0.2) is 4.79 Å². The van der Waals surface area contributed by atoms with E-state index in [0.29, 0.717) is 5.56 Å². The molecule has 0 amide bonds. The maximum atomic E-state index is 11.9. The number of ether oxygens (including phenoxy) is 1. The van der Waals surface area contributed by atoms with E-state index in [1.807, 2.05) is 25.1 Å². The van der Waals surface area contributed by atoms with Crippen molar-refractivity contribution in [3.8, 4) is 0 Å². The van der Waals surface area contributed by atoms with Crippen molar-refractivity contribution in [1.82, 2.24) is 4.98 Å². The summed E-state index contributed by atoms with van der Waals surface area (Å²) in [5.41, 5.74) is 3.83. The summed E-state index contributed by atoms with van der Waals surface area (Å²) >= 11 is 0. The molecule has 21 heavy (non-hydrogen) atoms. The number of hydrogen-bond donors (Lipinski definition) is 0. The second-order valence-corrected chi connectivity index (χ2v) is 5.62. The van der Waals surface area contributed by atoms with Crippen molar-refractivity contribution in [3.63, 3.8) is 0 Å². The second kappa shape index (κ2) is 5.72. The Labute approximate surface area is 125 Å². The maximum Gasteiger partial charge on any atom is 0.340 e. The zero-order chi connectivity index (χ0) is 14.8. The van der Waals surface area contributed by atoms with Crippen LogP contribution >= 0.6 is 0 Å². The molecule has 0 saturated carbocycles. The Kier molecular flexibility index (Phi) is 3.78. The average molecular weight is 279 g/mol. The fourth-order valence-corrected chi connectivity index (χ4v) is 2.65. The molecule has 1 aliphatic rings. The molecule has 0 fully saturated rings. The number of nitrogens with zero attached hydrogens (tertiary/aromatic N) is 1. The molecule has 4 heteroatoms. The average Bonchev–Trinajstić information content (AvgIpc) is 2.51. The molecule has 2 unspecified atom stereocenters. The zero-order valence-electron chi connectivity index (χ0n) is 12.4. The number of pyridine rings is 1. The highest BCUT2D eigenvalue weighted by atomic mass is 16.5. The first-order valence-electron chi connectivity index (χ1n) is 7.40. The highest BCUT2D eigenvalue weighted by Gasteiger charge is 2.31. The monoisotopic (exact) mass is 279 g/mol. The molecule has 2 aromatic rings. The largest absolute Gasteiger partial charge is 0.458 e. The van der Waals surface area contributed by atoms with Crippen LogP contribution < -0.4 is 5.59 Å². The Morgan fingerprint density at radius 2 is 1.90 bits per heavy atom. The molecule has 0 radical (unpaired) electrons. The minimum Gasteiger partial charge on any atom is -0.458 e. The van der Waals surface area contributed by atoms with E-state index < -0.39 is 0 Å². The predicted molar refractivity (Wildman–Crippen MR) is 84.5 cm³/mol. The summed E-state index contributed by atoms with van der Waals surface area (Å²) in [4.78, 5) is 16.6. The van der Waals surface area contributed by atoms with Gasteiger partial charge in [0.2, 0.25) is 0 Å². The lowest BCUT2D eigenvalue weighted by Crippen LogP contribution is -2.33. The predicted octanol–water partition coefficient (Wildman–Crippen LogP) is 2.01. The van der Waals surface area contributed by atoms with Crippen LogP contribution in [0.1, 0.15) is 41.4 Å². The van der Waals surface area contributed by atoms with E-state index in [2.05, 4.69) is 31.2 Å². The molecule has 0 aliphatic carbocycles. The Morgan fingerprint density at radius 1 is 1.14 bits per heavy atom. The van der Waals surface area contributed by atoms with Crippen LogP contribution in [-0.2, 0) is 11.1 Å². The molecule has 3 nitrogen and oxygen atoms in total. The van der Waals surface area contributed by atoms with Crippen LogP contribution in [0.3, 0.4) is 0 Å². The molecule has 1 aromatic carbocycles. The molecule has 0 N–H and O–H groups in total. The van der Waals surface area contributed by atoms with Gasteiger partial charge >= 0.3 is 5.97 Å². The van der Waals surface area contributed by atoms with Gasteiger partial charge < -0.3 is 4.74 Å². The van der Waals surface area contributed by atoms with Crippen molar-refractivity contribution in [2.24, 2.45) is 0 Å². The Morgan fingerprint density at radius 3 is 2.67 bits per heavy atom. The number of hydrogen-bond acceptors (Lipinski definition) is 3. The number of esters is 1. The molecule has 0 bridgehead atoms. The van der Waals surface area contributed by atoms with Crippen LogP contribution in [0, 0.1) is 0 Å². The summed E-state index contributed by atoms with van der Waals surface area (Å²) in [6, 6.07) is 14.2. The van der Waals surface area contributed by atoms with E-state index in [1.54, 1.807) is 0 Å². The summed E-state index contributed by atoms with van der Waals surface area (Å²) in [7, 11) is 0.882. The fraction of sp³-hybridized carbons (Fsp3) is 0.294. The molecule has 106 valence electrons. The van der Waals surface area contributed by atoms with Gasteiger partial charge in [0, 0.05) is 11.5 Å². The lowest BCUT2D eigenvalue weighted by molar-refractivity contribution is 0.0235. The molecule has 0 spiro atoms. The normalized spacial score (nSPS) is 20.6. The van der Waals surface area contributed by atoms with Gasteiger partial charge in [-0.15, -0.1) is 0 Å². The molecule has 2 atom stereocenters. The van der Waals surface area contributed by atoms with E-state index in [0.717, 1.165) is 24.9 Å². The number of aromatic nitrogens is 1. The molecular formula is C17H18BNO2. The first-order chi connectivity index (χ1) is 10.1. The van der Waals surface area contributed by atoms with Gasteiger partial charge in [-0.05, 0) is 25.4 Å². The summed E-state index contributed by atoms with van der Waals surface area (Å²) in [5.74, 6) is -0.105. The lowest BCUT2D eigenvalue weighted by Gasteiger charge is -2.27. The van der Waals surface area contributed by atoms with E-state index >= 15 is 0 Å². The van der Waals surface area contributed by atoms with E-state index in [1.165, 1.54) is 5.56 Å². The molecule has 3 rings (SSSR count). The Bertz CT molecular complexity index is 657. The fourth-order valence-electron chi connectivity index (χ4n) is 2.65. The van der Waals surface area contributed by atoms with Crippen molar-refractivity contribution in [2.75, 3.05) is 0 Å². The third-order valence-corrected chi connectivity index (χ3v) is 4.14. The number of benzene rings is 1. The third kappa shape index (κ3) is 2.84. The molecule has 1 aromatic heterocycles. The first-order valence-corrected chi connectivity index (χ1v) is 7.40. The van der Waals surface area contributed by atoms with Gasteiger partial charge in [-0.2, -0.15) is 0 Å². The first kappa shape index (κ1) is 13.9. The van der Waals surface area contributed by atoms with E-state index in [9.17, 15) is 4.79 Å². The molecule has 2 heterocycles. The van der Waals surface area contributed by atoms with Crippen LogP contribution in [0.25, 0.3) is 0 Å². The lowest BCUT2D eigenvalue weighted by atomic mass is 9.68. The van der Waals surface area contributed by atoms with Crippen LogP contribution in [0.15, 0.2) is 42.5 Å². The number of fused-ring (bicyclic) bond motifs is 1. The van der Waals surface area contributed by atoms with Crippen molar-refractivity contribution < 1.29 is 9.53 Å². The van der Waals surface area contributed by atoms with Gasteiger partial charge in [0.25, 0.3) is 0 Å². The van der Waals surface area contributed by atoms with Gasteiger partial charge in [0.05, 0.1) is 11.3 Å². The van der Waals surface area contributed by atoms with Crippen molar-refractivity contribution in [3.05, 3.63) is 59.3 Å². The van der Waals surface area contributed by atoms with Crippen molar-refractivity contribution >= 4 is 18.8 Å². The number of carbonyl (C=O) groups excluding carboxylic acids is 1. The van der Waals surface area contributed by atoms with Crippen molar-refractivity contribution in [1.29, 1.82) is 0 Å². The number of cyclic esters (lactones) is 1. The zero-order valence-corrected chi connectivity index (χ0v) is 12.4. The summed E-state index contributed by atoms with van der Waals surface area (Å²) in [6.07, 6.45) is 0.850. The van der Waals surface area contributed by atoms with Crippen molar-refractivity contribution in [2.45, 2.75) is 32.2 Å². The van der Waals surface area contributed by atoms with Crippen LogP contribution in [0.2, 0.25) is 0 Å². The smallest absolute Gasteiger partial charge is 0.340 e. The van der Waals surface area contributed by atoms with Crippen LogP contribution in [0.5, 0.6) is 0 Å². The van der Waals surface area contributed by atoms with E-state index in [-0.39, 0.29) is 18.0 Å². The minimum absolute atomic E-state index is 0.109. The Balaban J connectivity index is 1.81. The molecule has 1 aliphatic heterocycles. The van der Waals surface area contributed by atoms with Gasteiger partial charge in [0.15, 0.2) is 7.28 Å². The summed E-state index contributed by atoms with van der Waals surface area (Å²) < 4.78 is 5.32. The quantitative estimate of drug-likeness (QED) is 0.637.